The van der Waals surface area contributed by atoms with Crippen molar-refractivity contribution in [2.45, 2.75) is 18.9 Å². The van der Waals surface area contributed by atoms with Crippen LogP contribution in [0.15, 0.2) is 22.8 Å². The fraction of sp³-hybridized carbons (Fsp3) is 0.500. The molecular formula is C14H19Cl3N6O2. The summed E-state index contributed by atoms with van der Waals surface area (Å²) in [5, 5.41) is 3.66. The Labute approximate surface area is 160 Å². The van der Waals surface area contributed by atoms with E-state index in [2.05, 4.69) is 20.3 Å². The number of aromatic nitrogens is 2. The summed E-state index contributed by atoms with van der Waals surface area (Å²) in [4.78, 5) is 12.0. The summed E-state index contributed by atoms with van der Waals surface area (Å²) in [6, 6.07) is 0.00693. The number of rotatable bonds is 8. The molecule has 1 unspecified atom stereocenters. The van der Waals surface area contributed by atoms with E-state index in [4.69, 9.17) is 55.7 Å². The molecule has 1 saturated heterocycles. The molecule has 2 heterocycles. The second-order valence-corrected chi connectivity index (χ2v) is 6.28. The average molecular weight is 410 g/mol. The predicted molar refractivity (Wildman–Crippen MR) is 99.0 cm³/mol. The molecule has 2 rings (SSSR count). The number of ether oxygens (including phenoxy) is 2. The second-order valence-electron chi connectivity index (χ2n) is 5.18. The molecule has 8 nitrogen and oxygen atoms in total. The third kappa shape index (κ3) is 6.39. The van der Waals surface area contributed by atoms with Crippen molar-refractivity contribution in [1.29, 1.82) is 0 Å². The van der Waals surface area contributed by atoms with E-state index in [0.717, 1.165) is 6.42 Å². The Hall–Kier alpha value is -1.48. The first kappa shape index (κ1) is 19.8. The van der Waals surface area contributed by atoms with Crippen LogP contribution in [0.2, 0.25) is 10.3 Å². The normalized spacial score (nSPS) is 18.8. The highest BCUT2D eigenvalue weighted by atomic mass is 35.5. The van der Waals surface area contributed by atoms with Gasteiger partial charge in [-0.3, -0.25) is 4.99 Å². The van der Waals surface area contributed by atoms with E-state index in [9.17, 15) is 0 Å². The van der Waals surface area contributed by atoms with Crippen molar-refractivity contribution in [2.75, 3.05) is 31.7 Å². The molecule has 1 aliphatic rings. The first-order chi connectivity index (χ1) is 12.0. The van der Waals surface area contributed by atoms with Crippen LogP contribution in [0.3, 0.4) is 0 Å². The summed E-state index contributed by atoms with van der Waals surface area (Å²) in [5.74, 6) is 0.495. The lowest BCUT2D eigenvalue weighted by atomic mass is 10.3. The van der Waals surface area contributed by atoms with Crippen LogP contribution >= 0.6 is 34.8 Å². The van der Waals surface area contributed by atoms with Crippen LogP contribution in [0.4, 0.5) is 5.82 Å². The Morgan fingerprint density at radius 2 is 2.24 bits per heavy atom. The Balaban J connectivity index is 1.75. The average Bonchev–Trinajstić information content (AvgIpc) is 3.09. The zero-order chi connectivity index (χ0) is 18.2. The molecule has 0 aromatic carbocycles. The molecule has 0 amide bonds. The number of allylic oxidation sites excluding steroid dienone is 1. The van der Waals surface area contributed by atoms with Crippen molar-refractivity contribution in [3.05, 3.63) is 28.1 Å². The molecule has 1 fully saturated rings. The molecule has 0 radical (unpaired) electrons. The summed E-state index contributed by atoms with van der Waals surface area (Å²) >= 11 is 17.7. The zero-order valence-electron chi connectivity index (χ0n) is 13.3. The number of nitrogens with zero attached hydrogens (tertiary/aromatic N) is 3. The highest BCUT2D eigenvalue weighted by molar-refractivity contribution is 6.69. The van der Waals surface area contributed by atoms with Crippen LogP contribution in [-0.4, -0.2) is 47.5 Å². The van der Waals surface area contributed by atoms with Gasteiger partial charge in [-0.15, -0.1) is 0 Å². The van der Waals surface area contributed by atoms with Crippen LogP contribution in [-0.2, 0) is 9.47 Å². The fourth-order valence-corrected chi connectivity index (χ4v) is 2.49. The van der Waals surface area contributed by atoms with Gasteiger partial charge in [0.2, 0.25) is 11.2 Å². The number of hydrogen-bond acceptors (Lipinski definition) is 8. The highest BCUT2D eigenvalue weighted by Crippen LogP contribution is 2.19. The standard InChI is InChI=1S/C14H19Cl3N6O2/c15-9-6-21-14(17)23-13(9)20-3-1-4-25-12(19)10(18)11(16)22-8-2-5-24-7-8/h6,8H,1-5,7,18-19H2,(H,20,21,23). The Bertz CT molecular complexity index is 649. The molecule has 0 spiro atoms. The Kier molecular flexibility index (Phi) is 7.83. The van der Waals surface area contributed by atoms with Crippen molar-refractivity contribution in [1.82, 2.24) is 9.97 Å². The number of aliphatic imine (C=N–C) groups is 1. The maximum absolute atomic E-state index is 6.06. The minimum atomic E-state index is 0.00693. The van der Waals surface area contributed by atoms with E-state index < -0.39 is 0 Å². The predicted octanol–water partition coefficient (Wildman–Crippen LogP) is 2.11. The van der Waals surface area contributed by atoms with Crippen molar-refractivity contribution in [3.8, 4) is 0 Å². The number of nitrogens with two attached hydrogens (primary N) is 2. The lowest BCUT2D eigenvalue weighted by Gasteiger charge is -2.11. The minimum absolute atomic E-state index is 0.00693. The van der Waals surface area contributed by atoms with Gasteiger partial charge in [-0.25, -0.2) is 4.98 Å². The minimum Gasteiger partial charge on any atom is -0.478 e. The van der Waals surface area contributed by atoms with Crippen molar-refractivity contribution in [2.24, 2.45) is 16.5 Å². The summed E-state index contributed by atoms with van der Waals surface area (Å²) in [7, 11) is 0. The van der Waals surface area contributed by atoms with E-state index in [1.807, 2.05) is 0 Å². The number of halogens is 3. The molecule has 0 saturated carbocycles. The van der Waals surface area contributed by atoms with Crippen LogP contribution in [0.1, 0.15) is 12.8 Å². The molecule has 1 atom stereocenters. The molecule has 11 heteroatoms. The van der Waals surface area contributed by atoms with E-state index in [1.54, 1.807) is 0 Å². The van der Waals surface area contributed by atoms with Crippen molar-refractivity contribution in [3.63, 3.8) is 0 Å². The summed E-state index contributed by atoms with van der Waals surface area (Å²) < 4.78 is 10.6. The molecule has 25 heavy (non-hydrogen) atoms. The first-order valence-corrected chi connectivity index (χ1v) is 8.72. The summed E-state index contributed by atoms with van der Waals surface area (Å²) in [6.07, 6.45) is 2.86. The van der Waals surface area contributed by atoms with Gasteiger partial charge in [0.05, 0.1) is 25.5 Å². The number of nitrogens with one attached hydrogen (secondary N) is 1. The SMILES string of the molecule is NC(OCCCNc1nc(Cl)ncc1Cl)=C(N)C(Cl)=NC1CCOC1. The van der Waals surface area contributed by atoms with E-state index in [-0.39, 0.29) is 28.1 Å². The van der Waals surface area contributed by atoms with Crippen LogP contribution in [0, 0.1) is 0 Å². The topological polar surface area (TPSA) is 121 Å². The van der Waals surface area contributed by atoms with Gasteiger partial charge >= 0.3 is 0 Å². The molecule has 5 N–H and O–H groups in total. The van der Waals surface area contributed by atoms with Crippen molar-refractivity contribution < 1.29 is 9.47 Å². The zero-order valence-corrected chi connectivity index (χ0v) is 15.6. The van der Waals surface area contributed by atoms with E-state index in [1.165, 1.54) is 6.20 Å². The van der Waals surface area contributed by atoms with E-state index >= 15 is 0 Å². The smallest absolute Gasteiger partial charge is 0.224 e. The molecule has 0 bridgehead atoms. The van der Waals surface area contributed by atoms with Gasteiger partial charge < -0.3 is 26.3 Å². The van der Waals surface area contributed by atoms with E-state index in [0.29, 0.717) is 43.6 Å². The largest absolute Gasteiger partial charge is 0.478 e. The van der Waals surface area contributed by atoms with Crippen LogP contribution in [0.25, 0.3) is 0 Å². The molecule has 1 aromatic heterocycles. The van der Waals surface area contributed by atoms with Crippen LogP contribution < -0.4 is 16.8 Å². The fourth-order valence-electron chi connectivity index (χ4n) is 1.96. The summed E-state index contributed by atoms with van der Waals surface area (Å²) in [5.41, 5.74) is 11.7. The number of hydrogen-bond donors (Lipinski definition) is 3. The Morgan fingerprint density at radius 3 is 2.96 bits per heavy atom. The van der Waals surface area contributed by atoms with Gasteiger partial charge in [-0.05, 0) is 24.4 Å². The first-order valence-electron chi connectivity index (χ1n) is 7.58. The highest BCUT2D eigenvalue weighted by Gasteiger charge is 2.16. The second kappa shape index (κ2) is 9.86. The lowest BCUT2D eigenvalue weighted by molar-refractivity contribution is 0.194. The number of anilines is 1. The van der Waals surface area contributed by atoms with Crippen molar-refractivity contribution >= 4 is 45.8 Å². The van der Waals surface area contributed by atoms with Gasteiger partial charge in [-0.2, -0.15) is 4.98 Å². The van der Waals surface area contributed by atoms with Gasteiger partial charge in [0.25, 0.3) is 0 Å². The molecule has 1 aliphatic heterocycles. The van der Waals surface area contributed by atoms with Crippen LogP contribution in [0.5, 0.6) is 0 Å². The molecule has 138 valence electrons. The molecule has 0 aliphatic carbocycles. The van der Waals surface area contributed by atoms with Gasteiger partial charge in [-0.1, -0.05) is 23.2 Å². The third-order valence-electron chi connectivity index (χ3n) is 3.28. The van der Waals surface area contributed by atoms with Gasteiger partial charge in [0.15, 0.2) is 5.17 Å². The Morgan fingerprint density at radius 1 is 1.44 bits per heavy atom. The lowest BCUT2D eigenvalue weighted by Crippen LogP contribution is -2.20. The molecular weight excluding hydrogens is 391 g/mol. The van der Waals surface area contributed by atoms with Gasteiger partial charge in [0.1, 0.15) is 16.5 Å². The third-order valence-corrected chi connectivity index (χ3v) is 4.04. The maximum atomic E-state index is 6.06. The van der Waals surface area contributed by atoms with Gasteiger partial charge in [0, 0.05) is 13.2 Å². The molecule has 1 aromatic rings. The summed E-state index contributed by atoms with van der Waals surface area (Å²) in [6.45, 7) is 2.07. The quantitative estimate of drug-likeness (QED) is 0.260. The monoisotopic (exact) mass is 408 g/mol. The maximum Gasteiger partial charge on any atom is 0.224 e.